The molecule has 1 aromatic heterocycles. The van der Waals surface area contributed by atoms with E-state index in [9.17, 15) is 0 Å². The molecular formula is C17H24N4O. The van der Waals surface area contributed by atoms with Gasteiger partial charge in [-0.2, -0.15) is 0 Å². The third kappa shape index (κ3) is 3.14. The maximum absolute atomic E-state index is 5.32. The number of nitrogens with one attached hydrogen (secondary N) is 1. The Hall–Kier alpha value is -1.88. The second kappa shape index (κ2) is 6.48. The number of methoxy groups -OCH3 is 1. The predicted octanol–water partition coefficient (Wildman–Crippen LogP) is 2.92. The van der Waals surface area contributed by atoms with Crippen LogP contribution in [0, 0.1) is 0 Å². The van der Waals surface area contributed by atoms with Crippen molar-refractivity contribution in [2.75, 3.05) is 26.5 Å². The number of benzene rings is 1. The van der Waals surface area contributed by atoms with E-state index in [0.717, 1.165) is 22.5 Å². The van der Waals surface area contributed by atoms with Crippen molar-refractivity contribution in [1.82, 2.24) is 14.9 Å². The van der Waals surface area contributed by atoms with Gasteiger partial charge in [-0.1, -0.05) is 0 Å². The normalized spacial score (nSPS) is 22.0. The summed E-state index contributed by atoms with van der Waals surface area (Å²) in [4.78, 5) is 11.1. The van der Waals surface area contributed by atoms with Crippen LogP contribution in [0.25, 0.3) is 10.9 Å². The molecule has 1 N–H and O–H groups in total. The minimum Gasteiger partial charge on any atom is -0.497 e. The number of hydrogen-bond acceptors (Lipinski definition) is 5. The highest BCUT2D eigenvalue weighted by Gasteiger charge is 2.23. The zero-order valence-electron chi connectivity index (χ0n) is 13.5. The summed E-state index contributed by atoms with van der Waals surface area (Å²) in [6.45, 7) is 0. The summed E-state index contributed by atoms with van der Waals surface area (Å²) in [6, 6.07) is 7.11. The molecule has 0 spiro atoms. The molecule has 5 nitrogen and oxygen atoms in total. The molecule has 1 heterocycles. The SMILES string of the molecule is COc1ccc2ncnc(NC3CCC(N(C)C)CC3)c2c1. The first-order valence-electron chi connectivity index (χ1n) is 7.89. The number of ether oxygens (including phenoxy) is 1. The van der Waals surface area contributed by atoms with Crippen LogP contribution in [0.2, 0.25) is 0 Å². The maximum Gasteiger partial charge on any atom is 0.137 e. The monoisotopic (exact) mass is 300 g/mol. The van der Waals surface area contributed by atoms with E-state index in [0.29, 0.717) is 12.1 Å². The molecule has 3 rings (SSSR count). The predicted molar refractivity (Wildman–Crippen MR) is 89.4 cm³/mol. The van der Waals surface area contributed by atoms with E-state index < -0.39 is 0 Å². The topological polar surface area (TPSA) is 50.3 Å². The molecule has 0 radical (unpaired) electrons. The van der Waals surface area contributed by atoms with Crippen LogP contribution in [0.4, 0.5) is 5.82 Å². The van der Waals surface area contributed by atoms with Gasteiger partial charge < -0.3 is 15.0 Å². The van der Waals surface area contributed by atoms with Crippen molar-refractivity contribution < 1.29 is 4.74 Å². The first-order valence-corrected chi connectivity index (χ1v) is 7.89. The quantitative estimate of drug-likeness (QED) is 0.941. The third-order valence-corrected chi connectivity index (χ3v) is 4.61. The van der Waals surface area contributed by atoms with Gasteiger partial charge in [-0.15, -0.1) is 0 Å². The number of aromatic nitrogens is 2. The van der Waals surface area contributed by atoms with Crippen molar-refractivity contribution in [1.29, 1.82) is 0 Å². The van der Waals surface area contributed by atoms with Crippen LogP contribution >= 0.6 is 0 Å². The first kappa shape index (κ1) is 15.0. The van der Waals surface area contributed by atoms with Gasteiger partial charge in [0.25, 0.3) is 0 Å². The molecule has 1 fully saturated rings. The zero-order valence-corrected chi connectivity index (χ0v) is 13.5. The molecule has 0 atom stereocenters. The molecule has 0 bridgehead atoms. The number of nitrogens with zero attached hydrogens (tertiary/aromatic N) is 3. The lowest BCUT2D eigenvalue weighted by Gasteiger charge is -2.33. The van der Waals surface area contributed by atoms with Crippen molar-refractivity contribution in [3.63, 3.8) is 0 Å². The Kier molecular flexibility index (Phi) is 4.43. The van der Waals surface area contributed by atoms with Gasteiger partial charge in [0.15, 0.2) is 0 Å². The van der Waals surface area contributed by atoms with Gasteiger partial charge in [0, 0.05) is 17.5 Å². The van der Waals surface area contributed by atoms with Gasteiger partial charge in [-0.25, -0.2) is 9.97 Å². The lowest BCUT2D eigenvalue weighted by atomic mass is 9.90. The fraction of sp³-hybridized carbons (Fsp3) is 0.529. The summed E-state index contributed by atoms with van der Waals surface area (Å²) in [5.41, 5.74) is 0.945. The number of hydrogen-bond donors (Lipinski definition) is 1. The van der Waals surface area contributed by atoms with Crippen molar-refractivity contribution in [2.45, 2.75) is 37.8 Å². The second-order valence-corrected chi connectivity index (χ2v) is 6.22. The van der Waals surface area contributed by atoms with E-state index in [1.807, 2.05) is 18.2 Å². The van der Waals surface area contributed by atoms with E-state index in [2.05, 4.69) is 34.3 Å². The molecule has 1 aliphatic carbocycles. The Labute approximate surface area is 131 Å². The van der Waals surface area contributed by atoms with Crippen LogP contribution in [0.1, 0.15) is 25.7 Å². The number of fused-ring (bicyclic) bond motifs is 1. The zero-order chi connectivity index (χ0) is 15.5. The molecule has 0 saturated heterocycles. The first-order chi connectivity index (χ1) is 10.7. The van der Waals surface area contributed by atoms with Gasteiger partial charge in [-0.05, 0) is 58.0 Å². The fourth-order valence-corrected chi connectivity index (χ4v) is 3.21. The summed E-state index contributed by atoms with van der Waals surface area (Å²) in [5.74, 6) is 1.75. The summed E-state index contributed by atoms with van der Waals surface area (Å²) >= 11 is 0. The van der Waals surface area contributed by atoms with Crippen LogP contribution in [0.3, 0.4) is 0 Å². The van der Waals surface area contributed by atoms with E-state index in [-0.39, 0.29) is 0 Å². The fourth-order valence-electron chi connectivity index (χ4n) is 3.21. The standard InChI is InChI=1S/C17H24N4O/c1-21(2)13-6-4-12(5-7-13)20-17-15-10-14(22-3)8-9-16(15)18-11-19-17/h8-13H,4-7H2,1-3H3,(H,18,19,20). The lowest BCUT2D eigenvalue weighted by Crippen LogP contribution is -2.36. The van der Waals surface area contributed by atoms with Gasteiger partial charge in [0.05, 0.1) is 12.6 Å². The second-order valence-electron chi connectivity index (χ2n) is 6.22. The third-order valence-electron chi connectivity index (χ3n) is 4.61. The van der Waals surface area contributed by atoms with Crippen molar-refractivity contribution in [3.05, 3.63) is 24.5 Å². The Morgan fingerprint density at radius 3 is 2.59 bits per heavy atom. The van der Waals surface area contributed by atoms with Crippen molar-refractivity contribution in [3.8, 4) is 5.75 Å². The Bertz CT molecular complexity index is 636. The van der Waals surface area contributed by atoms with E-state index >= 15 is 0 Å². The Morgan fingerprint density at radius 1 is 1.14 bits per heavy atom. The smallest absolute Gasteiger partial charge is 0.137 e. The molecule has 118 valence electrons. The molecule has 22 heavy (non-hydrogen) atoms. The maximum atomic E-state index is 5.32. The summed E-state index contributed by atoms with van der Waals surface area (Å²) < 4.78 is 5.32. The molecule has 2 aromatic rings. The van der Waals surface area contributed by atoms with Crippen molar-refractivity contribution in [2.24, 2.45) is 0 Å². The molecular weight excluding hydrogens is 276 g/mol. The molecule has 5 heteroatoms. The average molecular weight is 300 g/mol. The highest BCUT2D eigenvalue weighted by molar-refractivity contribution is 5.90. The van der Waals surface area contributed by atoms with Gasteiger partial charge in [0.1, 0.15) is 17.9 Å². The van der Waals surface area contributed by atoms with E-state index in [1.165, 1.54) is 25.7 Å². The van der Waals surface area contributed by atoms with Crippen LogP contribution < -0.4 is 10.1 Å². The lowest BCUT2D eigenvalue weighted by molar-refractivity contribution is 0.221. The Balaban J connectivity index is 1.77. The molecule has 0 unspecified atom stereocenters. The molecule has 0 amide bonds. The van der Waals surface area contributed by atoms with Crippen LogP contribution in [0.5, 0.6) is 5.75 Å². The summed E-state index contributed by atoms with van der Waals surface area (Å²) in [5, 5.41) is 4.63. The highest BCUT2D eigenvalue weighted by atomic mass is 16.5. The molecule has 0 aliphatic heterocycles. The number of rotatable bonds is 4. The van der Waals surface area contributed by atoms with E-state index in [4.69, 9.17) is 4.74 Å². The van der Waals surface area contributed by atoms with Crippen LogP contribution in [-0.2, 0) is 0 Å². The number of anilines is 1. The molecule has 1 saturated carbocycles. The van der Waals surface area contributed by atoms with Gasteiger partial charge >= 0.3 is 0 Å². The van der Waals surface area contributed by atoms with E-state index in [1.54, 1.807) is 13.4 Å². The Morgan fingerprint density at radius 2 is 1.91 bits per heavy atom. The van der Waals surface area contributed by atoms with Crippen molar-refractivity contribution >= 4 is 16.7 Å². The summed E-state index contributed by atoms with van der Waals surface area (Å²) in [7, 11) is 6.02. The largest absolute Gasteiger partial charge is 0.497 e. The molecule has 1 aliphatic rings. The van der Waals surface area contributed by atoms with Gasteiger partial charge in [-0.3, -0.25) is 0 Å². The minimum atomic E-state index is 0.487. The minimum absolute atomic E-state index is 0.487. The highest BCUT2D eigenvalue weighted by Crippen LogP contribution is 2.28. The summed E-state index contributed by atoms with van der Waals surface area (Å²) in [6.07, 6.45) is 6.45. The van der Waals surface area contributed by atoms with Crippen LogP contribution in [0.15, 0.2) is 24.5 Å². The average Bonchev–Trinajstić information content (AvgIpc) is 2.55. The van der Waals surface area contributed by atoms with Crippen LogP contribution in [-0.4, -0.2) is 48.2 Å². The van der Waals surface area contributed by atoms with Gasteiger partial charge in [0.2, 0.25) is 0 Å². The molecule has 1 aromatic carbocycles.